The second kappa shape index (κ2) is 5.69. The fourth-order valence-electron chi connectivity index (χ4n) is 1.34. The molecule has 2 aromatic rings. The first-order chi connectivity index (χ1) is 8.56. The molecule has 4 nitrogen and oxygen atoms in total. The number of carboxylic acids is 1. The summed E-state index contributed by atoms with van der Waals surface area (Å²) >= 11 is 10.5. The molecular weight excluding hydrogens is 340 g/mol. The largest absolute Gasteiger partial charge is 0.478 e. The molecule has 94 valence electrons. The molecule has 0 saturated carbocycles. The lowest BCUT2D eigenvalue weighted by Gasteiger charge is -2.07. The molecule has 0 aliphatic heterocycles. The smallest absolute Gasteiger partial charge is 0.335 e. The van der Waals surface area contributed by atoms with Crippen molar-refractivity contribution in [3.05, 3.63) is 43.8 Å². The van der Waals surface area contributed by atoms with Crippen LogP contribution < -0.4 is 5.32 Å². The van der Waals surface area contributed by atoms with Gasteiger partial charge in [0.1, 0.15) is 0 Å². The lowest BCUT2D eigenvalue weighted by molar-refractivity contribution is 0.0697. The first-order valence-electron chi connectivity index (χ1n) is 4.93. The Labute approximate surface area is 121 Å². The topological polar surface area (TPSA) is 62.2 Å². The van der Waals surface area contributed by atoms with Crippen LogP contribution in [0.1, 0.15) is 15.2 Å². The van der Waals surface area contributed by atoms with Crippen LogP contribution in [0.5, 0.6) is 0 Å². The molecule has 0 aliphatic carbocycles. The van der Waals surface area contributed by atoms with Crippen molar-refractivity contribution in [2.75, 3.05) is 5.32 Å². The van der Waals surface area contributed by atoms with Gasteiger partial charge in [0.25, 0.3) is 0 Å². The molecule has 1 aromatic carbocycles. The lowest BCUT2D eigenvalue weighted by Crippen LogP contribution is -2.01. The molecule has 0 aliphatic rings. The number of halogens is 2. The molecular formula is C11H8BrClN2O2S. The minimum Gasteiger partial charge on any atom is -0.478 e. The van der Waals surface area contributed by atoms with E-state index in [0.29, 0.717) is 15.5 Å². The van der Waals surface area contributed by atoms with Crippen LogP contribution in [0.4, 0.5) is 5.69 Å². The van der Waals surface area contributed by atoms with Gasteiger partial charge in [-0.1, -0.05) is 11.6 Å². The standard InChI is InChI=1S/C11H8BrClN2O2S/c12-8-3-6(10(16)17)1-2-9(8)14-4-7-5-15-11(13)18-7/h1-3,5,14H,4H2,(H,16,17). The molecule has 0 atom stereocenters. The highest BCUT2D eigenvalue weighted by molar-refractivity contribution is 9.10. The van der Waals surface area contributed by atoms with E-state index in [4.69, 9.17) is 16.7 Å². The van der Waals surface area contributed by atoms with Gasteiger partial charge in [0.15, 0.2) is 4.47 Å². The Balaban J connectivity index is 2.08. The van der Waals surface area contributed by atoms with Crippen molar-refractivity contribution < 1.29 is 9.90 Å². The maximum atomic E-state index is 10.8. The predicted molar refractivity (Wildman–Crippen MR) is 75.6 cm³/mol. The molecule has 0 radical (unpaired) electrons. The molecule has 0 unspecified atom stereocenters. The number of benzene rings is 1. The van der Waals surface area contributed by atoms with Gasteiger partial charge in [-0.2, -0.15) is 0 Å². The van der Waals surface area contributed by atoms with E-state index in [9.17, 15) is 4.79 Å². The zero-order chi connectivity index (χ0) is 13.1. The van der Waals surface area contributed by atoms with Crippen LogP contribution >= 0.6 is 38.9 Å². The molecule has 1 aromatic heterocycles. The summed E-state index contributed by atoms with van der Waals surface area (Å²) in [5.41, 5.74) is 1.07. The van der Waals surface area contributed by atoms with E-state index in [1.807, 2.05) is 0 Å². The Morgan fingerprint density at radius 1 is 1.56 bits per heavy atom. The Morgan fingerprint density at radius 2 is 2.33 bits per heavy atom. The van der Waals surface area contributed by atoms with Gasteiger partial charge in [-0.05, 0) is 34.1 Å². The van der Waals surface area contributed by atoms with Gasteiger partial charge in [0.05, 0.1) is 12.1 Å². The van der Waals surface area contributed by atoms with Crippen LogP contribution in [0.2, 0.25) is 4.47 Å². The van der Waals surface area contributed by atoms with Gasteiger partial charge >= 0.3 is 5.97 Å². The number of carboxylic acid groups (broad SMARTS) is 1. The number of thiazole rings is 1. The number of nitrogens with zero attached hydrogens (tertiary/aromatic N) is 1. The van der Waals surface area contributed by atoms with Crippen LogP contribution in [0.15, 0.2) is 28.9 Å². The fraction of sp³-hybridized carbons (Fsp3) is 0.0909. The molecule has 0 saturated heterocycles. The SMILES string of the molecule is O=C(O)c1ccc(NCc2cnc(Cl)s2)c(Br)c1. The van der Waals surface area contributed by atoms with Gasteiger partial charge in [-0.25, -0.2) is 9.78 Å². The van der Waals surface area contributed by atoms with E-state index in [-0.39, 0.29) is 5.56 Å². The Bertz CT molecular complexity index is 588. The van der Waals surface area contributed by atoms with E-state index < -0.39 is 5.97 Å². The van der Waals surface area contributed by atoms with Crippen LogP contribution in [-0.4, -0.2) is 16.1 Å². The fourth-order valence-corrected chi connectivity index (χ4v) is 2.78. The quantitative estimate of drug-likeness (QED) is 0.881. The van der Waals surface area contributed by atoms with E-state index in [0.717, 1.165) is 10.6 Å². The lowest BCUT2D eigenvalue weighted by atomic mass is 10.2. The molecule has 0 spiro atoms. The first-order valence-corrected chi connectivity index (χ1v) is 6.92. The zero-order valence-corrected chi connectivity index (χ0v) is 12.1. The number of anilines is 1. The third-order valence-corrected chi connectivity index (χ3v) is 3.97. The van der Waals surface area contributed by atoms with Crippen molar-refractivity contribution in [1.82, 2.24) is 4.98 Å². The summed E-state index contributed by atoms with van der Waals surface area (Å²) in [4.78, 5) is 15.7. The summed E-state index contributed by atoms with van der Waals surface area (Å²) in [5.74, 6) is -0.948. The maximum Gasteiger partial charge on any atom is 0.335 e. The van der Waals surface area contributed by atoms with Crippen LogP contribution in [0.3, 0.4) is 0 Å². The average Bonchev–Trinajstić information content (AvgIpc) is 2.73. The molecule has 2 rings (SSSR count). The summed E-state index contributed by atoms with van der Waals surface area (Å²) in [7, 11) is 0. The van der Waals surface area contributed by atoms with Gasteiger partial charge in [0, 0.05) is 21.2 Å². The van der Waals surface area contributed by atoms with Gasteiger partial charge in [-0.15, -0.1) is 11.3 Å². The molecule has 0 fully saturated rings. The number of aromatic nitrogens is 1. The minimum atomic E-state index is -0.948. The highest BCUT2D eigenvalue weighted by Gasteiger charge is 2.07. The Hall–Kier alpha value is -1.11. The van der Waals surface area contributed by atoms with Crippen LogP contribution in [0.25, 0.3) is 0 Å². The molecule has 7 heteroatoms. The summed E-state index contributed by atoms with van der Waals surface area (Å²) in [6, 6.07) is 4.83. The van der Waals surface area contributed by atoms with Crippen molar-refractivity contribution >= 4 is 50.5 Å². The predicted octanol–water partition coefficient (Wildman–Crippen LogP) is 3.87. The number of hydrogen-bond donors (Lipinski definition) is 2. The molecule has 0 amide bonds. The number of rotatable bonds is 4. The van der Waals surface area contributed by atoms with Crippen molar-refractivity contribution in [3.8, 4) is 0 Å². The van der Waals surface area contributed by atoms with E-state index >= 15 is 0 Å². The number of nitrogens with one attached hydrogen (secondary N) is 1. The van der Waals surface area contributed by atoms with Crippen molar-refractivity contribution in [2.24, 2.45) is 0 Å². The minimum absolute atomic E-state index is 0.244. The first kappa shape index (κ1) is 13.3. The van der Waals surface area contributed by atoms with Crippen LogP contribution in [0, 0.1) is 0 Å². The van der Waals surface area contributed by atoms with Gasteiger partial charge in [0.2, 0.25) is 0 Å². The zero-order valence-electron chi connectivity index (χ0n) is 8.98. The Kier molecular flexibility index (Phi) is 4.21. The second-order valence-corrected chi connectivity index (χ2v) is 5.98. The van der Waals surface area contributed by atoms with Crippen molar-refractivity contribution in [3.63, 3.8) is 0 Å². The average molecular weight is 348 g/mol. The molecule has 2 N–H and O–H groups in total. The van der Waals surface area contributed by atoms with Gasteiger partial charge in [-0.3, -0.25) is 0 Å². The summed E-state index contributed by atoms with van der Waals surface area (Å²) in [5, 5.41) is 12.0. The maximum absolute atomic E-state index is 10.8. The number of hydrogen-bond acceptors (Lipinski definition) is 4. The van der Waals surface area contributed by atoms with E-state index in [1.165, 1.54) is 11.3 Å². The van der Waals surface area contributed by atoms with E-state index in [1.54, 1.807) is 24.4 Å². The van der Waals surface area contributed by atoms with Crippen molar-refractivity contribution in [1.29, 1.82) is 0 Å². The van der Waals surface area contributed by atoms with Gasteiger partial charge < -0.3 is 10.4 Å². The van der Waals surface area contributed by atoms with Crippen molar-refractivity contribution in [2.45, 2.75) is 6.54 Å². The molecule has 1 heterocycles. The highest BCUT2D eigenvalue weighted by Crippen LogP contribution is 2.25. The Morgan fingerprint density at radius 3 is 2.89 bits per heavy atom. The molecule has 0 bridgehead atoms. The third kappa shape index (κ3) is 3.22. The monoisotopic (exact) mass is 346 g/mol. The third-order valence-electron chi connectivity index (χ3n) is 2.19. The number of aromatic carboxylic acids is 1. The van der Waals surface area contributed by atoms with Crippen LogP contribution in [-0.2, 0) is 6.54 Å². The normalized spacial score (nSPS) is 10.3. The highest BCUT2D eigenvalue weighted by atomic mass is 79.9. The summed E-state index contributed by atoms with van der Waals surface area (Å²) in [6.07, 6.45) is 1.71. The second-order valence-electron chi connectivity index (χ2n) is 3.43. The molecule has 18 heavy (non-hydrogen) atoms. The number of carbonyl (C=O) groups is 1. The van der Waals surface area contributed by atoms with E-state index in [2.05, 4.69) is 26.2 Å². The summed E-state index contributed by atoms with van der Waals surface area (Å²) < 4.78 is 1.21. The summed E-state index contributed by atoms with van der Waals surface area (Å²) in [6.45, 7) is 0.593.